The zero-order valence-corrected chi connectivity index (χ0v) is 7.42. The largest absolute Gasteiger partial charge is 0.469 e. The van der Waals surface area contributed by atoms with E-state index in [-0.39, 0.29) is 0 Å². The third-order valence-electron chi connectivity index (χ3n) is 2.95. The Balaban J connectivity index is 2.34. The van der Waals surface area contributed by atoms with Crippen molar-refractivity contribution >= 4 is 0 Å². The van der Waals surface area contributed by atoms with Crippen molar-refractivity contribution in [3.05, 3.63) is 23.7 Å². The highest BCUT2D eigenvalue weighted by Crippen LogP contribution is 2.35. The fraction of sp³-hybridized carbons (Fsp3) is 0.600. The van der Waals surface area contributed by atoms with Gasteiger partial charge in [0.25, 0.3) is 0 Å². The molecule has 2 N–H and O–H groups in total. The van der Waals surface area contributed by atoms with Crippen LogP contribution in [0.5, 0.6) is 0 Å². The Morgan fingerprint density at radius 3 is 3.25 bits per heavy atom. The van der Waals surface area contributed by atoms with E-state index >= 15 is 0 Å². The van der Waals surface area contributed by atoms with Gasteiger partial charge >= 0.3 is 0 Å². The van der Waals surface area contributed by atoms with Crippen LogP contribution in [-0.4, -0.2) is 6.54 Å². The van der Waals surface area contributed by atoms with Gasteiger partial charge < -0.3 is 10.2 Å². The highest BCUT2D eigenvalue weighted by Gasteiger charge is 2.27. The molecule has 2 unspecified atom stereocenters. The van der Waals surface area contributed by atoms with Gasteiger partial charge in [-0.1, -0.05) is 6.92 Å². The topological polar surface area (TPSA) is 39.2 Å². The van der Waals surface area contributed by atoms with Gasteiger partial charge in [-0.15, -0.1) is 0 Å². The molecule has 0 saturated heterocycles. The van der Waals surface area contributed by atoms with Crippen LogP contribution in [0.1, 0.15) is 30.6 Å². The summed E-state index contributed by atoms with van der Waals surface area (Å²) in [6.07, 6.45) is 4.08. The van der Waals surface area contributed by atoms with Crippen molar-refractivity contribution in [3.63, 3.8) is 0 Å². The summed E-state index contributed by atoms with van der Waals surface area (Å²) in [6.45, 7) is 3.02. The van der Waals surface area contributed by atoms with Crippen LogP contribution in [-0.2, 0) is 6.42 Å². The maximum atomic E-state index is 5.73. The molecule has 0 radical (unpaired) electrons. The highest BCUT2D eigenvalue weighted by atomic mass is 16.3. The Labute approximate surface area is 72.7 Å². The molecule has 66 valence electrons. The summed E-state index contributed by atoms with van der Waals surface area (Å²) in [6, 6.07) is 2.07. The average molecular weight is 165 g/mol. The summed E-state index contributed by atoms with van der Waals surface area (Å²) in [4.78, 5) is 0. The Kier molecular flexibility index (Phi) is 1.93. The zero-order valence-electron chi connectivity index (χ0n) is 7.42. The van der Waals surface area contributed by atoms with Crippen molar-refractivity contribution in [2.45, 2.75) is 25.7 Å². The van der Waals surface area contributed by atoms with Gasteiger partial charge in [-0.3, -0.25) is 0 Å². The van der Waals surface area contributed by atoms with E-state index in [9.17, 15) is 0 Å². The average Bonchev–Trinajstić information content (AvgIpc) is 2.52. The second-order valence-electron chi connectivity index (χ2n) is 3.66. The minimum absolute atomic E-state index is 0.521. The van der Waals surface area contributed by atoms with E-state index < -0.39 is 0 Å². The van der Waals surface area contributed by atoms with Crippen molar-refractivity contribution in [1.29, 1.82) is 0 Å². The SMILES string of the molecule is CC1CCc2occc2C1CN. The fourth-order valence-corrected chi connectivity index (χ4v) is 2.11. The normalized spacial score (nSPS) is 28.5. The van der Waals surface area contributed by atoms with Crippen LogP contribution in [0.3, 0.4) is 0 Å². The molecule has 1 aromatic heterocycles. The first-order valence-electron chi connectivity index (χ1n) is 4.59. The van der Waals surface area contributed by atoms with Crippen molar-refractivity contribution in [2.24, 2.45) is 11.7 Å². The lowest BCUT2D eigenvalue weighted by molar-refractivity contribution is 0.370. The molecule has 0 bridgehead atoms. The third-order valence-corrected chi connectivity index (χ3v) is 2.95. The molecule has 0 spiro atoms. The van der Waals surface area contributed by atoms with Gasteiger partial charge in [-0.05, 0) is 30.5 Å². The maximum absolute atomic E-state index is 5.73. The highest BCUT2D eigenvalue weighted by molar-refractivity contribution is 5.26. The fourth-order valence-electron chi connectivity index (χ4n) is 2.11. The molecule has 0 saturated carbocycles. The number of hydrogen-bond donors (Lipinski definition) is 1. The first-order valence-corrected chi connectivity index (χ1v) is 4.59. The molecule has 2 nitrogen and oxygen atoms in total. The van der Waals surface area contributed by atoms with Crippen LogP contribution in [0, 0.1) is 5.92 Å². The van der Waals surface area contributed by atoms with Crippen LogP contribution in [0.25, 0.3) is 0 Å². The van der Waals surface area contributed by atoms with Crippen molar-refractivity contribution in [1.82, 2.24) is 0 Å². The number of rotatable bonds is 1. The Hall–Kier alpha value is -0.760. The molecule has 1 aliphatic rings. The molecule has 1 aromatic rings. The predicted octanol–water partition coefficient (Wildman–Crippen LogP) is 1.90. The lowest BCUT2D eigenvalue weighted by Crippen LogP contribution is -2.24. The number of furan rings is 1. The quantitative estimate of drug-likeness (QED) is 0.690. The van der Waals surface area contributed by atoms with Gasteiger partial charge in [-0.25, -0.2) is 0 Å². The van der Waals surface area contributed by atoms with Crippen LogP contribution in [0.4, 0.5) is 0 Å². The molecular formula is C10H15NO. The Bertz CT molecular complexity index is 267. The third kappa shape index (κ3) is 1.07. The predicted molar refractivity (Wildman–Crippen MR) is 48.0 cm³/mol. The van der Waals surface area contributed by atoms with Gasteiger partial charge in [0, 0.05) is 12.3 Å². The molecule has 2 rings (SSSR count). The summed E-state index contributed by atoms with van der Waals surface area (Å²) in [5.41, 5.74) is 7.07. The van der Waals surface area contributed by atoms with Gasteiger partial charge in [0.15, 0.2) is 0 Å². The number of aryl methyl sites for hydroxylation is 1. The van der Waals surface area contributed by atoms with E-state index in [2.05, 4.69) is 13.0 Å². The van der Waals surface area contributed by atoms with E-state index in [1.807, 2.05) is 0 Å². The Morgan fingerprint density at radius 2 is 2.50 bits per heavy atom. The molecule has 2 atom stereocenters. The van der Waals surface area contributed by atoms with E-state index in [4.69, 9.17) is 10.2 Å². The molecule has 0 aliphatic heterocycles. The lowest BCUT2D eigenvalue weighted by atomic mass is 9.79. The molecular weight excluding hydrogens is 150 g/mol. The van der Waals surface area contributed by atoms with Gasteiger partial charge in [0.1, 0.15) is 5.76 Å². The summed E-state index contributed by atoms with van der Waals surface area (Å²) in [7, 11) is 0. The van der Waals surface area contributed by atoms with Crippen molar-refractivity contribution in [3.8, 4) is 0 Å². The van der Waals surface area contributed by atoms with Gasteiger partial charge in [0.2, 0.25) is 0 Å². The maximum Gasteiger partial charge on any atom is 0.107 e. The lowest BCUT2D eigenvalue weighted by Gasteiger charge is -2.26. The first kappa shape index (κ1) is 7.87. The van der Waals surface area contributed by atoms with Gasteiger partial charge in [-0.2, -0.15) is 0 Å². The molecule has 1 heterocycles. The van der Waals surface area contributed by atoms with Crippen LogP contribution in [0.15, 0.2) is 16.7 Å². The summed E-state index contributed by atoms with van der Waals surface area (Å²) in [5.74, 6) is 2.39. The van der Waals surface area contributed by atoms with E-state index in [1.54, 1.807) is 6.26 Å². The van der Waals surface area contributed by atoms with E-state index in [0.29, 0.717) is 11.8 Å². The second-order valence-corrected chi connectivity index (χ2v) is 3.66. The smallest absolute Gasteiger partial charge is 0.107 e. The van der Waals surface area contributed by atoms with E-state index in [0.717, 1.165) is 18.7 Å². The summed E-state index contributed by atoms with van der Waals surface area (Å²) >= 11 is 0. The molecule has 0 amide bonds. The first-order chi connectivity index (χ1) is 5.83. The number of nitrogens with two attached hydrogens (primary N) is 1. The summed E-state index contributed by atoms with van der Waals surface area (Å²) < 4.78 is 5.38. The van der Waals surface area contributed by atoms with Crippen LogP contribution < -0.4 is 5.73 Å². The standard InChI is InChI=1S/C10H15NO/c1-7-2-3-10-8(4-5-12-10)9(7)6-11/h4-5,7,9H,2-3,6,11H2,1H3. The molecule has 0 fully saturated rings. The zero-order chi connectivity index (χ0) is 8.55. The monoisotopic (exact) mass is 165 g/mol. The van der Waals surface area contributed by atoms with Crippen LogP contribution in [0.2, 0.25) is 0 Å². The second kappa shape index (κ2) is 2.94. The van der Waals surface area contributed by atoms with Crippen molar-refractivity contribution in [2.75, 3.05) is 6.54 Å². The minimum Gasteiger partial charge on any atom is -0.469 e. The molecule has 2 heteroatoms. The minimum atomic E-state index is 0.521. The molecule has 1 aliphatic carbocycles. The number of fused-ring (bicyclic) bond motifs is 1. The Morgan fingerprint density at radius 1 is 1.67 bits per heavy atom. The van der Waals surface area contributed by atoms with Crippen molar-refractivity contribution < 1.29 is 4.42 Å². The number of hydrogen-bond acceptors (Lipinski definition) is 2. The van der Waals surface area contributed by atoms with Crippen LogP contribution >= 0.6 is 0 Å². The van der Waals surface area contributed by atoms with Gasteiger partial charge in [0.05, 0.1) is 6.26 Å². The van der Waals surface area contributed by atoms with E-state index in [1.165, 1.54) is 12.0 Å². The summed E-state index contributed by atoms with van der Waals surface area (Å²) in [5, 5.41) is 0. The molecule has 0 aromatic carbocycles. The molecule has 12 heavy (non-hydrogen) atoms.